The second kappa shape index (κ2) is 11.4. The fourth-order valence-electron chi connectivity index (χ4n) is 10.5. The maximum atomic E-state index is 14.1. The van der Waals surface area contributed by atoms with Gasteiger partial charge in [-0.05, 0) is 132 Å². The minimum Gasteiger partial charge on any atom is -0.456 e. The summed E-state index contributed by atoms with van der Waals surface area (Å²) in [5, 5.41) is 4.18. The third-order valence-electron chi connectivity index (χ3n) is 12.4. The number of benzene rings is 6. The zero-order valence-electron chi connectivity index (χ0n) is 28.7. The van der Waals surface area contributed by atoms with Gasteiger partial charge < -0.3 is 4.42 Å². The van der Waals surface area contributed by atoms with Crippen molar-refractivity contribution in [3.05, 3.63) is 139 Å². The number of furan rings is 1. The van der Waals surface area contributed by atoms with Crippen LogP contribution in [-0.4, -0.2) is 15.0 Å². The fourth-order valence-corrected chi connectivity index (χ4v) is 10.5. The molecule has 0 atom stereocenters. The van der Waals surface area contributed by atoms with Crippen LogP contribution in [0.25, 0.3) is 78.0 Å². The smallest absolute Gasteiger partial charge is 0.164 e. The largest absolute Gasteiger partial charge is 0.456 e. The Bertz CT molecular complexity index is 2640. The maximum absolute atomic E-state index is 14.1. The van der Waals surface area contributed by atoms with Crippen LogP contribution < -0.4 is 0 Å². The number of aromatic nitrogens is 3. The van der Waals surface area contributed by atoms with Gasteiger partial charge in [0.25, 0.3) is 0 Å². The summed E-state index contributed by atoms with van der Waals surface area (Å²) in [5.41, 5.74) is 8.41. The lowest BCUT2D eigenvalue weighted by atomic mass is 9.48. The molecule has 0 radical (unpaired) electrons. The molecule has 0 N–H and O–H groups in total. The minimum absolute atomic E-state index is 0.305. The van der Waals surface area contributed by atoms with Crippen molar-refractivity contribution < 1.29 is 8.81 Å². The Morgan fingerprint density at radius 1 is 0.481 bits per heavy atom. The Hall–Kier alpha value is -5.68. The van der Waals surface area contributed by atoms with Gasteiger partial charge in [0.15, 0.2) is 17.5 Å². The molecule has 4 aliphatic rings. The number of rotatable bonds is 5. The van der Waals surface area contributed by atoms with E-state index in [4.69, 9.17) is 19.4 Å². The number of halogens is 1. The van der Waals surface area contributed by atoms with E-state index >= 15 is 0 Å². The van der Waals surface area contributed by atoms with Crippen LogP contribution >= 0.6 is 0 Å². The number of nitrogens with zero attached hydrogens (tertiary/aromatic N) is 3. The van der Waals surface area contributed by atoms with E-state index in [0.717, 1.165) is 67.2 Å². The first-order valence-corrected chi connectivity index (χ1v) is 18.6. The van der Waals surface area contributed by atoms with Gasteiger partial charge in [0.1, 0.15) is 17.0 Å². The highest BCUT2D eigenvalue weighted by Gasteiger charge is 2.51. The molecular formula is C47H36FN3O. The molecule has 0 aliphatic heterocycles. The molecule has 2 heterocycles. The van der Waals surface area contributed by atoms with Crippen molar-refractivity contribution in [1.29, 1.82) is 0 Å². The van der Waals surface area contributed by atoms with Crippen LogP contribution in [0.15, 0.2) is 132 Å². The highest BCUT2D eigenvalue weighted by atomic mass is 19.1. The van der Waals surface area contributed by atoms with E-state index in [-0.39, 0.29) is 5.82 Å². The van der Waals surface area contributed by atoms with Gasteiger partial charge in [-0.15, -0.1) is 0 Å². The highest BCUT2D eigenvalue weighted by Crippen LogP contribution is 2.60. The predicted molar refractivity (Wildman–Crippen MR) is 206 cm³/mol. The van der Waals surface area contributed by atoms with Crippen LogP contribution in [0.5, 0.6) is 0 Å². The van der Waals surface area contributed by atoms with Crippen LogP contribution in [0.4, 0.5) is 4.39 Å². The highest BCUT2D eigenvalue weighted by molar-refractivity contribution is 6.12. The quantitative estimate of drug-likeness (QED) is 0.182. The van der Waals surface area contributed by atoms with E-state index < -0.39 is 0 Å². The van der Waals surface area contributed by atoms with Gasteiger partial charge in [-0.3, -0.25) is 0 Å². The van der Waals surface area contributed by atoms with Crippen LogP contribution in [0.1, 0.15) is 44.1 Å². The van der Waals surface area contributed by atoms with Crippen molar-refractivity contribution in [3.8, 4) is 45.3 Å². The summed E-state index contributed by atoms with van der Waals surface area (Å²) in [6, 6.07) is 42.8. The molecule has 4 aliphatic carbocycles. The molecule has 12 rings (SSSR count). The Labute approximate surface area is 301 Å². The third kappa shape index (κ3) is 4.75. The van der Waals surface area contributed by atoms with Gasteiger partial charge in [0.2, 0.25) is 0 Å². The standard InChI is InChI=1S/C47H36FN3O/c48-34-18-14-32(15-19-34)44-49-45(51-46(50-44)40-9-5-11-42-43(40)39-8-3-4-10-41(39)52-42)38-21-20-35(36-6-1-2-7-37(36)38)31-12-16-33(17-13-31)47-25-28-22-29(26-47)24-30(23-28)27-47/h1-21,28-30H,22-27H2. The molecule has 0 amide bonds. The molecule has 252 valence electrons. The normalized spacial score (nSPS) is 22.1. The SMILES string of the molecule is Fc1ccc(-c2nc(-c3ccc(-c4ccc(C56CC7CC(CC(C7)C5)C6)cc4)c4ccccc34)nc(-c3cccc4oc5ccccc5c34)n2)cc1. The van der Waals surface area contributed by atoms with Gasteiger partial charge in [-0.25, -0.2) is 19.3 Å². The molecule has 52 heavy (non-hydrogen) atoms. The van der Waals surface area contributed by atoms with Crippen molar-refractivity contribution >= 4 is 32.7 Å². The van der Waals surface area contributed by atoms with Crippen LogP contribution in [-0.2, 0) is 5.41 Å². The van der Waals surface area contributed by atoms with Crippen molar-refractivity contribution in [2.24, 2.45) is 17.8 Å². The topological polar surface area (TPSA) is 51.8 Å². The van der Waals surface area contributed by atoms with E-state index in [1.807, 2.05) is 36.4 Å². The zero-order chi connectivity index (χ0) is 34.4. The number of hydrogen-bond acceptors (Lipinski definition) is 4. The Balaban J connectivity index is 1.05. The molecule has 0 saturated heterocycles. The first-order valence-electron chi connectivity index (χ1n) is 18.6. The van der Waals surface area contributed by atoms with Gasteiger partial charge >= 0.3 is 0 Å². The summed E-state index contributed by atoms with van der Waals surface area (Å²) in [4.78, 5) is 15.2. The van der Waals surface area contributed by atoms with Gasteiger partial charge in [-0.1, -0.05) is 84.9 Å². The van der Waals surface area contributed by atoms with Crippen LogP contribution in [0, 0.1) is 23.6 Å². The molecule has 5 heteroatoms. The third-order valence-corrected chi connectivity index (χ3v) is 12.4. The van der Waals surface area contributed by atoms with E-state index in [2.05, 4.69) is 66.7 Å². The average molecular weight is 678 g/mol. The zero-order valence-corrected chi connectivity index (χ0v) is 28.7. The number of fused-ring (bicyclic) bond motifs is 4. The number of hydrogen-bond donors (Lipinski definition) is 0. The molecular weight excluding hydrogens is 642 g/mol. The Morgan fingerprint density at radius 3 is 1.75 bits per heavy atom. The molecule has 8 aromatic rings. The summed E-state index contributed by atoms with van der Waals surface area (Å²) in [5.74, 6) is 4.05. The van der Waals surface area contributed by atoms with Gasteiger partial charge in [0, 0.05) is 27.5 Å². The van der Waals surface area contributed by atoms with E-state index in [1.54, 1.807) is 17.7 Å². The van der Waals surface area contributed by atoms with E-state index in [0.29, 0.717) is 22.9 Å². The molecule has 4 saturated carbocycles. The van der Waals surface area contributed by atoms with E-state index in [9.17, 15) is 4.39 Å². The van der Waals surface area contributed by atoms with Gasteiger partial charge in [-0.2, -0.15) is 0 Å². The monoisotopic (exact) mass is 677 g/mol. The summed E-state index contributed by atoms with van der Waals surface area (Å²) < 4.78 is 20.3. The molecule has 6 aromatic carbocycles. The lowest BCUT2D eigenvalue weighted by Crippen LogP contribution is -2.48. The summed E-state index contributed by atoms with van der Waals surface area (Å²) in [6.45, 7) is 0. The van der Waals surface area contributed by atoms with Crippen molar-refractivity contribution in [1.82, 2.24) is 15.0 Å². The predicted octanol–water partition coefficient (Wildman–Crippen LogP) is 12.2. The molecule has 4 fully saturated rings. The second-order valence-corrected chi connectivity index (χ2v) is 15.6. The summed E-state index contributed by atoms with van der Waals surface area (Å²) in [7, 11) is 0. The molecule has 4 nitrogen and oxygen atoms in total. The Morgan fingerprint density at radius 2 is 1.04 bits per heavy atom. The maximum Gasteiger partial charge on any atom is 0.164 e. The van der Waals surface area contributed by atoms with Crippen molar-refractivity contribution in [2.45, 2.75) is 43.9 Å². The molecule has 0 unspecified atom stereocenters. The number of para-hydroxylation sites is 1. The second-order valence-electron chi connectivity index (χ2n) is 15.6. The Kier molecular flexibility index (Phi) is 6.58. The van der Waals surface area contributed by atoms with Crippen LogP contribution in [0.3, 0.4) is 0 Å². The van der Waals surface area contributed by atoms with Gasteiger partial charge in [0.05, 0.1) is 0 Å². The lowest BCUT2D eigenvalue weighted by Gasteiger charge is -2.57. The van der Waals surface area contributed by atoms with E-state index in [1.165, 1.54) is 61.8 Å². The first kappa shape index (κ1) is 30.0. The minimum atomic E-state index is -0.305. The molecule has 4 bridgehead atoms. The van der Waals surface area contributed by atoms with Crippen molar-refractivity contribution in [3.63, 3.8) is 0 Å². The van der Waals surface area contributed by atoms with Crippen molar-refractivity contribution in [2.75, 3.05) is 0 Å². The average Bonchev–Trinajstić information content (AvgIpc) is 3.56. The summed E-state index contributed by atoms with van der Waals surface area (Å²) >= 11 is 0. The fraction of sp³-hybridized carbons (Fsp3) is 0.213. The lowest BCUT2D eigenvalue weighted by molar-refractivity contribution is -0.00518. The first-order chi connectivity index (χ1) is 25.6. The summed E-state index contributed by atoms with van der Waals surface area (Å²) in [6.07, 6.45) is 8.48. The van der Waals surface area contributed by atoms with Crippen LogP contribution in [0.2, 0.25) is 0 Å². The molecule has 0 spiro atoms. The molecule has 2 aromatic heterocycles.